The molecule has 3 aromatic rings. The molecule has 3 heterocycles. The van der Waals surface area contributed by atoms with E-state index in [1.807, 2.05) is 0 Å². The van der Waals surface area contributed by atoms with Gasteiger partial charge in [-0.05, 0) is 12.1 Å². The molecule has 1 saturated heterocycles. The molecular weight excluding hydrogens is 422 g/mol. The highest BCUT2D eigenvalue weighted by atomic mass is 19.4. The fourth-order valence-electron chi connectivity index (χ4n) is 3.37. The van der Waals surface area contributed by atoms with Crippen LogP contribution in [-0.4, -0.2) is 39.0 Å². The molecule has 1 N–H and O–H groups in total. The van der Waals surface area contributed by atoms with Gasteiger partial charge in [0.15, 0.2) is 5.69 Å². The van der Waals surface area contributed by atoms with E-state index in [4.69, 9.17) is 9.26 Å². The monoisotopic (exact) mass is 439 g/mol. The van der Waals surface area contributed by atoms with E-state index in [-0.39, 0.29) is 43.5 Å². The number of alkyl halides is 3. The Hall–Kier alpha value is -3.28. The standard InChI is InChI=1S/C19H17F4N5O3/c1-28-13(10-14(26-28)19(21,22)23)16(29)25-18(5-7-30-8-6-18)17-24-15(27-31-17)11-3-2-4-12(20)9-11/h2-4,9-10H,5-8H2,1H3,(H,25,29). The molecule has 0 unspecified atom stereocenters. The summed E-state index contributed by atoms with van der Waals surface area (Å²) in [6.45, 7) is 0.522. The third-order valence-electron chi connectivity index (χ3n) is 5.02. The summed E-state index contributed by atoms with van der Waals surface area (Å²) in [5, 5.41) is 9.96. The average molecular weight is 439 g/mol. The summed E-state index contributed by atoms with van der Waals surface area (Å²) in [7, 11) is 1.25. The first-order valence-electron chi connectivity index (χ1n) is 9.30. The number of hydrogen-bond donors (Lipinski definition) is 1. The van der Waals surface area contributed by atoms with Crippen LogP contribution in [0.2, 0.25) is 0 Å². The van der Waals surface area contributed by atoms with Gasteiger partial charge < -0.3 is 14.6 Å². The predicted molar refractivity (Wildman–Crippen MR) is 97.1 cm³/mol. The molecule has 31 heavy (non-hydrogen) atoms. The SMILES string of the molecule is Cn1nc(C(F)(F)F)cc1C(=O)NC1(c2nc(-c3cccc(F)c3)no2)CCOCC1. The second-order valence-electron chi connectivity index (χ2n) is 7.12. The number of nitrogens with zero attached hydrogens (tertiary/aromatic N) is 4. The average Bonchev–Trinajstić information content (AvgIpc) is 3.36. The van der Waals surface area contributed by atoms with Crippen LogP contribution in [-0.2, 0) is 23.5 Å². The molecule has 8 nitrogen and oxygen atoms in total. The summed E-state index contributed by atoms with van der Waals surface area (Å²) in [4.78, 5) is 17.2. The first-order valence-corrected chi connectivity index (χ1v) is 9.30. The van der Waals surface area contributed by atoms with Gasteiger partial charge in [-0.2, -0.15) is 23.3 Å². The zero-order valence-corrected chi connectivity index (χ0v) is 16.2. The van der Waals surface area contributed by atoms with Crippen molar-refractivity contribution in [3.8, 4) is 11.4 Å². The molecule has 1 aliphatic rings. The zero-order valence-electron chi connectivity index (χ0n) is 16.2. The molecule has 1 fully saturated rings. The van der Waals surface area contributed by atoms with Gasteiger partial charge in [-0.1, -0.05) is 17.3 Å². The molecule has 0 saturated carbocycles. The normalized spacial score (nSPS) is 16.3. The maximum atomic E-state index is 13.5. The second-order valence-corrected chi connectivity index (χ2v) is 7.12. The van der Waals surface area contributed by atoms with Gasteiger partial charge in [-0.15, -0.1) is 0 Å². The van der Waals surface area contributed by atoms with Crippen LogP contribution in [0.1, 0.15) is 34.9 Å². The molecule has 1 amide bonds. The predicted octanol–water partition coefficient (Wildman–Crippen LogP) is 3.06. The molecule has 0 spiro atoms. The molecule has 1 aromatic carbocycles. The van der Waals surface area contributed by atoms with Gasteiger partial charge in [-0.25, -0.2) is 4.39 Å². The number of aryl methyl sites for hydroxylation is 1. The highest BCUT2D eigenvalue weighted by Gasteiger charge is 2.43. The number of aromatic nitrogens is 4. The molecule has 0 aliphatic carbocycles. The van der Waals surface area contributed by atoms with Gasteiger partial charge in [-0.3, -0.25) is 9.48 Å². The lowest BCUT2D eigenvalue weighted by Crippen LogP contribution is -2.50. The summed E-state index contributed by atoms with van der Waals surface area (Å²) in [5.74, 6) is -1.08. The summed E-state index contributed by atoms with van der Waals surface area (Å²) < 4.78 is 64.0. The van der Waals surface area contributed by atoms with Gasteiger partial charge in [0.05, 0.1) is 0 Å². The summed E-state index contributed by atoms with van der Waals surface area (Å²) in [6, 6.07) is 6.27. The van der Waals surface area contributed by atoms with Crippen LogP contribution < -0.4 is 5.32 Å². The van der Waals surface area contributed by atoms with Crippen molar-refractivity contribution in [1.29, 1.82) is 0 Å². The Morgan fingerprint density at radius 3 is 2.61 bits per heavy atom. The summed E-state index contributed by atoms with van der Waals surface area (Å²) >= 11 is 0. The summed E-state index contributed by atoms with van der Waals surface area (Å²) in [6.07, 6.45) is -4.17. The first-order chi connectivity index (χ1) is 14.7. The van der Waals surface area contributed by atoms with Crippen LogP contribution in [0.4, 0.5) is 17.6 Å². The Kier molecular flexibility index (Phi) is 5.25. The minimum absolute atomic E-state index is 0.0571. The zero-order chi connectivity index (χ0) is 22.2. The number of carbonyl (C=O) groups excluding carboxylic acids is 1. The van der Waals surface area contributed by atoms with Crippen LogP contribution in [0.3, 0.4) is 0 Å². The Bertz CT molecular complexity index is 1100. The van der Waals surface area contributed by atoms with Gasteiger partial charge >= 0.3 is 6.18 Å². The van der Waals surface area contributed by atoms with Crippen molar-refractivity contribution in [3.63, 3.8) is 0 Å². The van der Waals surface area contributed by atoms with Crippen LogP contribution in [0.25, 0.3) is 11.4 Å². The maximum absolute atomic E-state index is 13.5. The number of nitrogens with one attached hydrogen (secondary N) is 1. The minimum atomic E-state index is -4.68. The smallest absolute Gasteiger partial charge is 0.381 e. The topological polar surface area (TPSA) is 95.1 Å². The highest BCUT2D eigenvalue weighted by molar-refractivity contribution is 5.93. The van der Waals surface area contributed by atoms with E-state index in [1.165, 1.54) is 25.2 Å². The van der Waals surface area contributed by atoms with E-state index in [1.54, 1.807) is 6.07 Å². The van der Waals surface area contributed by atoms with E-state index >= 15 is 0 Å². The third kappa shape index (κ3) is 4.15. The van der Waals surface area contributed by atoms with E-state index < -0.39 is 29.1 Å². The van der Waals surface area contributed by atoms with Crippen LogP contribution in [0.5, 0.6) is 0 Å². The maximum Gasteiger partial charge on any atom is 0.435 e. The third-order valence-corrected chi connectivity index (χ3v) is 5.02. The Balaban J connectivity index is 1.65. The molecule has 164 valence electrons. The van der Waals surface area contributed by atoms with E-state index in [0.29, 0.717) is 11.6 Å². The number of rotatable bonds is 4. The molecule has 4 rings (SSSR count). The molecule has 0 bridgehead atoms. The quantitative estimate of drug-likeness (QED) is 0.628. The van der Waals surface area contributed by atoms with Gasteiger partial charge in [0.2, 0.25) is 5.82 Å². The van der Waals surface area contributed by atoms with Crippen molar-refractivity contribution in [3.05, 3.63) is 53.4 Å². The lowest BCUT2D eigenvalue weighted by Gasteiger charge is -2.34. The van der Waals surface area contributed by atoms with E-state index in [2.05, 4.69) is 20.6 Å². The number of halogens is 4. The molecule has 12 heteroatoms. The van der Waals surface area contributed by atoms with E-state index in [0.717, 1.165) is 4.68 Å². The number of ether oxygens (including phenoxy) is 1. The van der Waals surface area contributed by atoms with Crippen molar-refractivity contribution in [2.24, 2.45) is 7.05 Å². The van der Waals surface area contributed by atoms with Crippen molar-refractivity contribution in [1.82, 2.24) is 25.2 Å². The minimum Gasteiger partial charge on any atom is -0.381 e. The van der Waals surface area contributed by atoms with Crippen LogP contribution in [0, 0.1) is 5.82 Å². The van der Waals surface area contributed by atoms with Crippen molar-refractivity contribution in [2.75, 3.05) is 13.2 Å². The number of benzene rings is 1. The molecule has 0 atom stereocenters. The largest absolute Gasteiger partial charge is 0.435 e. The van der Waals surface area contributed by atoms with Crippen LogP contribution >= 0.6 is 0 Å². The van der Waals surface area contributed by atoms with Crippen molar-refractivity contribution >= 4 is 5.91 Å². The Morgan fingerprint density at radius 2 is 1.97 bits per heavy atom. The van der Waals surface area contributed by atoms with Crippen molar-refractivity contribution in [2.45, 2.75) is 24.6 Å². The Morgan fingerprint density at radius 1 is 1.23 bits per heavy atom. The summed E-state index contributed by atoms with van der Waals surface area (Å²) in [5.41, 5.74) is -2.23. The number of hydrogen-bond acceptors (Lipinski definition) is 6. The lowest BCUT2D eigenvalue weighted by molar-refractivity contribution is -0.141. The highest BCUT2D eigenvalue weighted by Crippen LogP contribution is 2.33. The number of amides is 1. The van der Waals surface area contributed by atoms with Gasteiger partial charge in [0, 0.05) is 44.7 Å². The van der Waals surface area contributed by atoms with E-state index in [9.17, 15) is 22.4 Å². The molecular formula is C19H17F4N5O3. The molecule has 2 aromatic heterocycles. The fraction of sp³-hybridized carbons (Fsp3) is 0.368. The lowest BCUT2D eigenvalue weighted by atomic mass is 9.89. The second kappa shape index (κ2) is 7.76. The molecule has 0 radical (unpaired) electrons. The molecule has 1 aliphatic heterocycles. The number of carbonyl (C=O) groups is 1. The van der Waals surface area contributed by atoms with Crippen molar-refractivity contribution < 1.29 is 31.6 Å². The first kappa shape index (κ1) is 21.0. The Labute approximate surface area is 173 Å². The van der Waals surface area contributed by atoms with Crippen LogP contribution in [0.15, 0.2) is 34.9 Å². The van der Waals surface area contributed by atoms with Gasteiger partial charge in [0.1, 0.15) is 17.1 Å². The fourth-order valence-corrected chi connectivity index (χ4v) is 3.37. The van der Waals surface area contributed by atoms with Gasteiger partial charge in [0.25, 0.3) is 11.8 Å².